The molecule has 0 fully saturated rings. The van der Waals surface area contributed by atoms with Gasteiger partial charge < -0.3 is 4.74 Å². The van der Waals surface area contributed by atoms with Crippen LogP contribution >= 0.6 is 0 Å². The van der Waals surface area contributed by atoms with Crippen LogP contribution in [0.25, 0.3) is 0 Å². The molecular weight excluding hydrogens is 241 g/mol. The van der Waals surface area contributed by atoms with Gasteiger partial charge in [0, 0.05) is 0 Å². The molecule has 0 saturated carbocycles. The predicted octanol–water partition coefficient (Wildman–Crippen LogP) is 3.89. The minimum Gasteiger partial charge on any atom is -0.489 e. The van der Waals surface area contributed by atoms with Crippen molar-refractivity contribution >= 4 is 0 Å². The SMILES string of the molecule is Cc1cc(C)cc(OCc2cc(F)cc(C#N)c2)c1. The molecule has 19 heavy (non-hydrogen) atoms. The summed E-state index contributed by atoms with van der Waals surface area (Å²) in [7, 11) is 0. The second-order valence-electron chi connectivity index (χ2n) is 4.57. The van der Waals surface area contributed by atoms with Gasteiger partial charge in [0.1, 0.15) is 18.2 Å². The normalized spacial score (nSPS) is 10.0. The molecule has 3 heteroatoms. The first kappa shape index (κ1) is 13.1. The first-order chi connectivity index (χ1) is 9.06. The van der Waals surface area contributed by atoms with E-state index in [-0.39, 0.29) is 6.61 Å². The Morgan fingerprint density at radius 3 is 2.37 bits per heavy atom. The molecule has 2 rings (SSSR count). The Morgan fingerprint density at radius 1 is 1.05 bits per heavy atom. The second kappa shape index (κ2) is 5.53. The van der Waals surface area contributed by atoms with Crippen molar-refractivity contribution in [3.63, 3.8) is 0 Å². The van der Waals surface area contributed by atoms with Crippen molar-refractivity contribution in [3.8, 4) is 11.8 Å². The number of hydrogen-bond acceptors (Lipinski definition) is 2. The van der Waals surface area contributed by atoms with E-state index in [1.54, 1.807) is 6.07 Å². The highest BCUT2D eigenvalue weighted by Gasteiger charge is 2.02. The van der Waals surface area contributed by atoms with E-state index < -0.39 is 5.82 Å². The smallest absolute Gasteiger partial charge is 0.124 e. The molecule has 0 spiro atoms. The lowest BCUT2D eigenvalue weighted by atomic mass is 10.1. The molecule has 0 N–H and O–H groups in total. The van der Waals surface area contributed by atoms with Crippen molar-refractivity contribution in [3.05, 3.63) is 64.5 Å². The Balaban J connectivity index is 2.14. The van der Waals surface area contributed by atoms with Crippen molar-refractivity contribution in [1.82, 2.24) is 0 Å². The summed E-state index contributed by atoms with van der Waals surface area (Å²) >= 11 is 0. The zero-order chi connectivity index (χ0) is 13.8. The van der Waals surface area contributed by atoms with Crippen LogP contribution in [0.5, 0.6) is 5.75 Å². The summed E-state index contributed by atoms with van der Waals surface area (Å²) < 4.78 is 18.9. The number of nitriles is 1. The molecule has 0 aliphatic carbocycles. The van der Waals surface area contributed by atoms with Gasteiger partial charge in [0.05, 0.1) is 11.6 Å². The van der Waals surface area contributed by atoms with E-state index in [2.05, 4.69) is 6.07 Å². The highest BCUT2D eigenvalue weighted by atomic mass is 19.1. The van der Waals surface area contributed by atoms with Gasteiger partial charge >= 0.3 is 0 Å². The second-order valence-corrected chi connectivity index (χ2v) is 4.57. The van der Waals surface area contributed by atoms with Crippen molar-refractivity contribution in [1.29, 1.82) is 5.26 Å². The molecule has 0 saturated heterocycles. The van der Waals surface area contributed by atoms with Crippen LogP contribution in [0.3, 0.4) is 0 Å². The number of aryl methyl sites for hydroxylation is 2. The number of rotatable bonds is 3. The summed E-state index contributed by atoms with van der Waals surface area (Å²) in [4.78, 5) is 0. The van der Waals surface area contributed by atoms with Gasteiger partial charge in [0.2, 0.25) is 0 Å². The molecule has 0 bridgehead atoms. The van der Waals surface area contributed by atoms with E-state index >= 15 is 0 Å². The molecule has 0 aromatic heterocycles. The monoisotopic (exact) mass is 255 g/mol. The van der Waals surface area contributed by atoms with E-state index in [0.29, 0.717) is 11.1 Å². The van der Waals surface area contributed by atoms with E-state index in [9.17, 15) is 4.39 Å². The average Bonchev–Trinajstić information content (AvgIpc) is 2.34. The molecule has 0 radical (unpaired) electrons. The summed E-state index contributed by atoms with van der Waals surface area (Å²) in [6, 6.07) is 12.1. The van der Waals surface area contributed by atoms with Gasteiger partial charge in [-0.1, -0.05) is 6.07 Å². The Hall–Kier alpha value is -2.34. The molecule has 2 aromatic rings. The van der Waals surface area contributed by atoms with Crippen molar-refractivity contribution in [2.75, 3.05) is 0 Å². The van der Waals surface area contributed by atoms with Crippen molar-refractivity contribution in [2.24, 2.45) is 0 Å². The van der Waals surface area contributed by atoms with Gasteiger partial charge in [0.25, 0.3) is 0 Å². The molecular formula is C16H14FNO. The molecule has 96 valence electrons. The Kier molecular flexibility index (Phi) is 3.82. The Bertz CT molecular complexity index is 623. The van der Waals surface area contributed by atoms with Gasteiger partial charge in [0.15, 0.2) is 0 Å². The zero-order valence-corrected chi connectivity index (χ0v) is 10.9. The first-order valence-electron chi connectivity index (χ1n) is 5.97. The van der Waals surface area contributed by atoms with Gasteiger partial charge in [-0.15, -0.1) is 0 Å². The maximum absolute atomic E-state index is 13.3. The van der Waals surface area contributed by atoms with Crippen LogP contribution in [0.1, 0.15) is 22.3 Å². The summed E-state index contributed by atoms with van der Waals surface area (Å²) in [6.45, 7) is 4.24. The van der Waals surface area contributed by atoms with Gasteiger partial charge in [-0.05, 0) is 60.9 Å². The van der Waals surface area contributed by atoms with Crippen LogP contribution in [-0.4, -0.2) is 0 Å². The Labute approximate surface area is 112 Å². The lowest BCUT2D eigenvalue weighted by Crippen LogP contribution is -1.97. The number of halogens is 1. The van der Waals surface area contributed by atoms with E-state index in [0.717, 1.165) is 16.9 Å². The Morgan fingerprint density at radius 2 is 1.74 bits per heavy atom. The first-order valence-corrected chi connectivity index (χ1v) is 5.97. The van der Waals surface area contributed by atoms with E-state index in [1.165, 1.54) is 12.1 Å². The van der Waals surface area contributed by atoms with Crippen molar-refractivity contribution < 1.29 is 9.13 Å². The minimum atomic E-state index is -0.418. The minimum absolute atomic E-state index is 0.245. The van der Waals surface area contributed by atoms with Crippen LogP contribution in [0.15, 0.2) is 36.4 Å². The summed E-state index contributed by atoms with van der Waals surface area (Å²) in [5.74, 6) is 0.332. The van der Waals surface area contributed by atoms with Gasteiger partial charge in [-0.3, -0.25) is 0 Å². The highest BCUT2D eigenvalue weighted by molar-refractivity contribution is 5.35. The molecule has 2 aromatic carbocycles. The van der Waals surface area contributed by atoms with Crippen LogP contribution in [0.4, 0.5) is 4.39 Å². The standard InChI is InChI=1S/C16H14FNO/c1-11-3-12(2)5-16(4-11)19-10-14-6-13(9-18)7-15(17)8-14/h3-8H,10H2,1-2H3. The van der Waals surface area contributed by atoms with Crippen LogP contribution < -0.4 is 4.74 Å². The molecule has 2 nitrogen and oxygen atoms in total. The summed E-state index contributed by atoms with van der Waals surface area (Å²) in [5, 5.41) is 8.79. The van der Waals surface area contributed by atoms with E-state index in [1.807, 2.05) is 32.0 Å². The highest BCUT2D eigenvalue weighted by Crippen LogP contribution is 2.18. The molecule has 0 atom stereocenters. The fraction of sp³-hybridized carbons (Fsp3) is 0.188. The van der Waals surface area contributed by atoms with Crippen molar-refractivity contribution in [2.45, 2.75) is 20.5 Å². The fourth-order valence-corrected chi connectivity index (χ4v) is 1.98. The molecule has 0 aliphatic heterocycles. The average molecular weight is 255 g/mol. The topological polar surface area (TPSA) is 33.0 Å². The predicted molar refractivity (Wildman–Crippen MR) is 71.4 cm³/mol. The lowest BCUT2D eigenvalue weighted by molar-refractivity contribution is 0.305. The van der Waals surface area contributed by atoms with Gasteiger partial charge in [-0.2, -0.15) is 5.26 Å². The van der Waals surface area contributed by atoms with Crippen LogP contribution in [0, 0.1) is 31.0 Å². The third-order valence-corrected chi connectivity index (χ3v) is 2.69. The van der Waals surface area contributed by atoms with Crippen LogP contribution in [0.2, 0.25) is 0 Å². The quantitative estimate of drug-likeness (QED) is 0.833. The number of ether oxygens (including phenoxy) is 1. The number of nitrogens with zero attached hydrogens (tertiary/aromatic N) is 1. The maximum Gasteiger partial charge on any atom is 0.124 e. The molecule has 0 unspecified atom stereocenters. The lowest BCUT2D eigenvalue weighted by Gasteiger charge is -2.08. The van der Waals surface area contributed by atoms with E-state index in [4.69, 9.17) is 10.00 Å². The summed E-state index contributed by atoms with van der Waals surface area (Å²) in [5.41, 5.74) is 3.19. The fourth-order valence-electron chi connectivity index (χ4n) is 1.98. The summed E-state index contributed by atoms with van der Waals surface area (Å²) in [6.07, 6.45) is 0. The third kappa shape index (κ3) is 3.56. The molecule has 0 aliphatic rings. The van der Waals surface area contributed by atoms with Crippen LogP contribution in [-0.2, 0) is 6.61 Å². The van der Waals surface area contributed by atoms with Gasteiger partial charge in [-0.25, -0.2) is 4.39 Å². The third-order valence-electron chi connectivity index (χ3n) is 2.69. The molecule has 0 heterocycles. The number of hydrogen-bond donors (Lipinski definition) is 0. The molecule has 0 amide bonds. The largest absolute Gasteiger partial charge is 0.489 e. The zero-order valence-electron chi connectivity index (χ0n) is 10.9. The number of benzene rings is 2. The maximum atomic E-state index is 13.3.